The van der Waals surface area contributed by atoms with E-state index >= 15 is 0 Å². The molecule has 1 saturated heterocycles. The number of thiol groups is 1. The molecule has 0 saturated carbocycles. The minimum atomic E-state index is -0.624. The van der Waals surface area contributed by atoms with Crippen molar-refractivity contribution in [1.29, 1.82) is 0 Å². The van der Waals surface area contributed by atoms with Gasteiger partial charge in [0.1, 0.15) is 12.6 Å². The van der Waals surface area contributed by atoms with Gasteiger partial charge in [0.2, 0.25) is 5.91 Å². The van der Waals surface area contributed by atoms with E-state index < -0.39 is 12.1 Å². The molecule has 1 N–H and O–H groups in total. The summed E-state index contributed by atoms with van der Waals surface area (Å²) in [5, 5.41) is 2.72. The van der Waals surface area contributed by atoms with Crippen LogP contribution in [0.1, 0.15) is 25.3 Å². The van der Waals surface area contributed by atoms with Crippen molar-refractivity contribution in [2.24, 2.45) is 5.92 Å². The van der Waals surface area contributed by atoms with Crippen molar-refractivity contribution in [3.05, 3.63) is 35.9 Å². The third-order valence-electron chi connectivity index (χ3n) is 4.39. The Hall–Kier alpha value is -2.22. The zero-order chi connectivity index (χ0) is 19.8. The molecule has 1 aromatic carbocycles. The molecule has 0 radical (unpaired) electrons. The summed E-state index contributed by atoms with van der Waals surface area (Å²) in [5.41, 5.74) is 0.880. The maximum atomic E-state index is 12.5. The molecule has 0 unspecified atom stereocenters. The second-order valence-corrected chi connectivity index (χ2v) is 7.46. The van der Waals surface area contributed by atoms with Crippen molar-refractivity contribution in [2.75, 3.05) is 20.2 Å². The van der Waals surface area contributed by atoms with Gasteiger partial charge in [0, 0.05) is 24.8 Å². The minimum Gasteiger partial charge on any atom is -0.469 e. The fraction of sp³-hybridized carbons (Fsp3) is 0.526. The number of hydrogen-bond donors (Lipinski definition) is 2. The van der Waals surface area contributed by atoms with Crippen molar-refractivity contribution in [2.45, 2.75) is 37.7 Å². The molecule has 2 amide bonds. The van der Waals surface area contributed by atoms with Gasteiger partial charge < -0.3 is 14.8 Å². The highest BCUT2D eigenvalue weighted by atomic mass is 32.1. The van der Waals surface area contributed by atoms with E-state index in [4.69, 9.17) is 4.74 Å². The molecule has 3 atom stereocenters. The Morgan fingerprint density at radius 3 is 2.67 bits per heavy atom. The number of likely N-dealkylation sites (tertiary alicyclic amines) is 1. The van der Waals surface area contributed by atoms with E-state index in [0.717, 1.165) is 5.56 Å². The zero-order valence-electron chi connectivity index (χ0n) is 15.6. The van der Waals surface area contributed by atoms with E-state index in [1.54, 1.807) is 0 Å². The lowest BCUT2D eigenvalue weighted by Crippen LogP contribution is -2.47. The van der Waals surface area contributed by atoms with Crippen LogP contribution in [0.25, 0.3) is 0 Å². The number of hydrogen-bond acceptors (Lipinski definition) is 6. The molecule has 1 heterocycles. The number of carbonyl (C=O) groups excluding carboxylic acids is 3. The Balaban J connectivity index is 1.87. The normalized spacial score (nSPS) is 20.0. The SMILES string of the molecule is COC(=O)C[C@H](C)CNC(=O)[C@@H]1C[C@@H](S)CN1C(=O)OCc1ccccc1. The number of ether oxygens (including phenoxy) is 2. The van der Waals surface area contributed by atoms with Gasteiger partial charge in [-0.1, -0.05) is 37.3 Å². The van der Waals surface area contributed by atoms with Crippen LogP contribution in [0.3, 0.4) is 0 Å². The molecule has 7 nitrogen and oxygen atoms in total. The molecule has 0 aliphatic carbocycles. The van der Waals surface area contributed by atoms with E-state index in [1.807, 2.05) is 37.3 Å². The number of methoxy groups -OCH3 is 1. The number of carbonyl (C=O) groups is 3. The van der Waals surface area contributed by atoms with Crippen LogP contribution in [0.5, 0.6) is 0 Å². The molecule has 1 fully saturated rings. The molecule has 0 spiro atoms. The highest BCUT2D eigenvalue weighted by Gasteiger charge is 2.39. The van der Waals surface area contributed by atoms with Crippen molar-refractivity contribution < 1.29 is 23.9 Å². The van der Waals surface area contributed by atoms with Crippen LogP contribution in [-0.4, -0.2) is 54.4 Å². The lowest BCUT2D eigenvalue weighted by Gasteiger charge is -2.23. The van der Waals surface area contributed by atoms with Gasteiger partial charge in [-0.2, -0.15) is 12.6 Å². The molecule has 27 heavy (non-hydrogen) atoms. The molecule has 0 bridgehead atoms. The van der Waals surface area contributed by atoms with Gasteiger partial charge >= 0.3 is 12.1 Å². The van der Waals surface area contributed by atoms with Gasteiger partial charge in [-0.15, -0.1) is 0 Å². The number of amides is 2. The Bertz CT molecular complexity index is 655. The monoisotopic (exact) mass is 394 g/mol. The van der Waals surface area contributed by atoms with Gasteiger partial charge in [0.05, 0.1) is 7.11 Å². The smallest absolute Gasteiger partial charge is 0.410 e. The van der Waals surface area contributed by atoms with E-state index in [1.165, 1.54) is 12.0 Å². The van der Waals surface area contributed by atoms with Crippen molar-refractivity contribution in [3.63, 3.8) is 0 Å². The second kappa shape index (κ2) is 10.2. The third kappa shape index (κ3) is 6.46. The third-order valence-corrected chi connectivity index (χ3v) is 4.76. The van der Waals surface area contributed by atoms with Crippen molar-refractivity contribution in [1.82, 2.24) is 10.2 Å². The van der Waals surface area contributed by atoms with Crippen molar-refractivity contribution >= 4 is 30.6 Å². The van der Waals surface area contributed by atoms with Crippen LogP contribution in [0.2, 0.25) is 0 Å². The minimum absolute atomic E-state index is 0.0620. The first-order chi connectivity index (χ1) is 12.9. The summed E-state index contributed by atoms with van der Waals surface area (Å²) in [7, 11) is 1.33. The Morgan fingerprint density at radius 2 is 2.00 bits per heavy atom. The first-order valence-corrected chi connectivity index (χ1v) is 9.42. The largest absolute Gasteiger partial charge is 0.469 e. The van der Waals surface area contributed by atoms with Gasteiger partial charge in [-0.05, 0) is 17.9 Å². The highest BCUT2D eigenvalue weighted by Crippen LogP contribution is 2.23. The molecule has 1 aliphatic rings. The van der Waals surface area contributed by atoms with Gasteiger partial charge in [0.15, 0.2) is 0 Å². The Morgan fingerprint density at radius 1 is 1.30 bits per heavy atom. The second-order valence-electron chi connectivity index (χ2n) is 6.73. The maximum absolute atomic E-state index is 12.5. The fourth-order valence-electron chi connectivity index (χ4n) is 2.90. The predicted molar refractivity (Wildman–Crippen MR) is 103 cm³/mol. The number of esters is 1. The molecular formula is C19H26N2O5S. The Kier molecular flexibility index (Phi) is 7.97. The first kappa shape index (κ1) is 21.1. The summed E-state index contributed by atoms with van der Waals surface area (Å²) in [6.45, 7) is 2.68. The van der Waals surface area contributed by atoms with Crippen LogP contribution in [0, 0.1) is 5.92 Å². The summed E-state index contributed by atoms with van der Waals surface area (Å²) in [6, 6.07) is 8.74. The molecule has 1 aromatic rings. The van der Waals surface area contributed by atoms with Gasteiger partial charge in [-0.25, -0.2) is 4.79 Å². The molecule has 0 aromatic heterocycles. The van der Waals surface area contributed by atoms with Gasteiger partial charge in [0.25, 0.3) is 0 Å². The first-order valence-electron chi connectivity index (χ1n) is 8.90. The van der Waals surface area contributed by atoms with E-state index in [2.05, 4.69) is 22.7 Å². The lowest BCUT2D eigenvalue weighted by atomic mass is 10.1. The highest BCUT2D eigenvalue weighted by molar-refractivity contribution is 7.81. The van der Waals surface area contributed by atoms with Crippen LogP contribution >= 0.6 is 12.6 Å². The van der Waals surface area contributed by atoms with E-state index in [-0.39, 0.29) is 36.1 Å². The fourth-order valence-corrected chi connectivity index (χ4v) is 3.27. The van der Waals surface area contributed by atoms with E-state index in [0.29, 0.717) is 19.5 Å². The van der Waals surface area contributed by atoms with Crippen LogP contribution in [0.4, 0.5) is 4.79 Å². The van der Waals surface area contributed by atoms with Crippen LogP contribution in [0.15, 0.2) is 30.3 Å². The zero-order valence-corrected chi connectivity index (χ0v) is 16.5. The molecule has 2 rings (SSSR count). The Labute approximate surface area is 164 Å². The number of nitrogens with zero attached hydrogens (tertiary/aromatic N) is 1. The summed E-state index contributed by atoms with van der Waals surface area (Å²) >= 11 is 4.41. The maximum Gasteiger partial charge on any atom is 0.410 e. The molecule has 1 aliphatic heterocycles. The summed E-state index contributed by atoms with van der Waals surface area (Å²) in [4.78, 5) is 37.7. The average Bonchev–Trinajstić information content (AvgIpc) is 3.06. The summed E-state index contributed by atoms with van der Waals surface area (Å²) < 4.78 is 9.97. The molecule has 8 heteroatoms. The van der Waals surface area contributed by atoms with Crippen LogP contribution < -0.4 is 5.32 Å². The average molecular weight is 394 g/mol. The van der Waals surface area contributed by atoms with E-state index in [9.17, 15) is 14.4 Å². The molecule has 148 valence electrons. The van der Waals surface area contributed by atoms with Crippen molar-refractivity contribution in [3.8, 4) is 0 Å². The topological polar surface area (TPSA) is 84.9 Å². The number of rotatable bonds is 7. The predicted octanol–water partition coefficient (Wildman–Crippen LogP) is 2.01. The number of benzene rings is 1. The molecular weight excluding hydrogens is 368 g/mol. The standard InChI is InChI=1S/C19H26N2O5S/c1-13(8-17(22)25-2)10-20-18(23)16-9-15(27)11-21(16)19(24)26-12-14-6-4-3-5-7-14/h3-7,13,15-16,27H,8-12H2,1-2H3,(H,20,23)/t13-,15+,16-/m0/s1. The number of nitrogens with one attached hydrogen (secondary N) is 1. The van der Waals surface area contributed by atoms with Crippen LogP contribution in [-0.2, 0) is 25.7 Å². The van der Waals surface area contributed by atoms with Gasteiger partial charge in [-0.3, -0.25) is 14.5 Å². The quantitative estimate of drug-likeness (QED) is 0.546. The lowest BCUT2D eigenvalue weighted by molar-refractivity contribution is -0.141. The summed E-state index contributed by atoms with van der Waals surface area (Å²) in [5.74, 6) is -0.646. The summed E-state index contributed by atoms with van der Waals surface area (Å²) in [6.07, 6.45) is 0.151.